The summed E-state index contributed by atoms with van der Waals surface area (Å²) in [6, 6.07) is 1.77. The van der Waals surface area contributed by atoms with Crippen LogP contribution in [-0.2, 0) is 21.3 Å². The van der Waals surface area contributed by atoms with Gasteiger partial charge in [-0.1, -0.05) is 6.92 Å². The highest BCUT2D eigenvalue weighted by molar-refractivity contribution is 7.89. The van der Waals surface area contributed by atoms with Gasteiger partial charge in [0, 0.05) is 36.5 Å². The summed E-state index contributed by atoms with van der Waals surface area (Å²) in [7, 11) is -1.83. The van der Waals surface area contributed by atoms with Crippen LogP contribution in [-0.4, -0.2) is 46.1 Å². The van der Waals surface area contributed by atoms with E-state index >= 15 is 0 Å². The van der Waals surface area contributed by atoms with Crippen LogP contribution in [0, 0.1) is 6.92 Å². The zero-order valence-electron chi connectivity index (χ0n) is 12.6. The van der Waals surface area contributed by atoms with Crippen molar-refractivity contribution in [3.63, 3.8) is 0 Å². The summed E-state index contributed by atoms with van der Waals surface area (Å²) in [5.41, 5.74) is 0. The Bertz CT molecular complexity index is 512. The Labute approximate surface area is 126 Å². The van der Waals surface area contributed by atoms with Crippen molar-refractivity contribution in [3.8, 4) is 0 Å². The van der Waals surface area contributed by atoms with Gasteiger partial charge in [0.1, 0.15) is 0 Å². The zero-order valence-corrected chi connectivity index (χ0v) is 14.2. The second kappa shape index (κ2) is 8.09. The highest BCUT2D eigenvalue weighted by Gasteiger charge is 2.24. The lowest BCUT2D eigenvalue weighted by atomic mass is 10.4. The molecular weight excluding hydrogens is 296 g/mol. The first kappa shape index (κ1) is 17.6. The predicted octanol–water partition coefficient (Wildman–Crippen LogP) is 1.82. The van der Waals surface area contributed by atoms with Crippen LogP contribution in [0.4, 0.5) is 0 Å². The molecule has 0 radical (unpaired) electrons. The lowest BCUT2D eigenvalue weighted by Crippen LogP contribution is -2.30. The largest absolute Gasteiger partial charge is 0.380 e. The Hall–Kier alpha value is -0.470. The molecule has 0 aliphatic carbocycles. The molecule has 0 saturated heterocycles. The number of nitrogens with one attached hydrogen (secondary N) is 1. The van der Waals surface area contributed by atoms with Gasteiger partial charge in [0.25, 0.3) is 0 Å². The van der Waals surface area contributed by atoms with Crippen LogP contribution < -0.4 is 5.32 Å². The Kier molecular flexibility index (Phi) is 7.11. The van der Waals surface area contributed by atoms with Crippen molar-refractivity contribution in [3.05, 3.63) is 15.8 Å². The van der Waals surface area contributed by atoms with Gasteiger partial charge in [-0.15, -0.1) is 11.3 Å². The molecule has 0 amide bonds. The van der Waals surface area contributed by atoms with E-state index < -0.39 is 10.0 Å². The number of ether oxygens (including phenoxy) is 1. The second-order valence-corrected chi connectivity index (χ2v) is 7.79. The van der Waals surface area contributed by atoms with Crippen LogP contribution in [0.1, 0.15) is 23.6 Å². The maximum Gasteiger partial charge on any atom is 0.244 e. The fourth-order valence-electron chi connectivity index (χ4n) is 1.74. The highest BCUT2D eigenvalue weighted by Crippen LogP contribution is 2.27. The maximum absolute atomic E-state index is 12.5. The van der Waals surface area contributed by atoms with Crippen molar-refractivity contribution in [2.45, 2.75) is 32.2 Å². The Balaban J connectivity index is 2.83. The predicted molar refractivity (Wildman–Crippen MR) is 82.7 cm³/mol. The van der Waals surface area contributed by atoms with E-state index in [1.165, 1.54) is 15.6 Å². The number of aryl methyl sites for hydroxylation is 1. The van der Waals surface area contributed by atoms with Crippen molar-refractivity contribution in [1.29, 1.82) is 0 Å². The van der Waals surface area contributed by atoms with Crippen LogP contribution in [0.5, 0.6) is 0 Å². The van der Waals surface area contributed by atoms with Gasteiger partial charge in [0.2, 0.25) is 10.0 Å². The highest BCUT2D eigenvalue weighted by atomic mass is 32.2. The van der Waals surface area contributed by atoms with Gasteiger partial charge < -0.3 is 10.1 Å². The molecule has 0 spiro atoms. The standard InChI is InChI=1S/C13H24N2O3S2/c1-5-14-10-12-9-13(11(3)19-12)20(16,17)15(4)7-8-18-6-2/h9,14H,5-8,10H2,1-4H3. The molecule has 116 valence electrons. The number of rotatable bonds is 9. The number of hydrogen-bond acceptors (Lipinski definition) is 5. The fourth-order valence-corrected chi connectivity index (χ4v) is 4.47. The number of thiophene rings is 1. The third-order valence-electron chi connectivity index (χ3n) is 2.92. The number of nitrogens with zero attached hydrogens (tertiary/aromatic N) is 1. The van der Waals surface area contributed by atoms with Crippen LogP contribution in [0.2, 0.25) is 0 Å². The normalized spacial score (nSPS) is 12.2. The van der Waals surface area contributed by atoms with E-state index in [0.717, 1.165) is 16.3 Å². The molecule has 1 N–H and O–H groups in total. The topological polar surface area (TPSA) is 58.6 Å². The summed E-state index contributed by atoms with van der Waals surface area (Å²) in [4.78, 5) is 2.29. The summed E-state index contributed by atoms with van der Waals surface area (Å²) in [6.45, 7) is 8.73. The smallest absolute Gasteiger partial charge is 0.244 e. The van der Waals surface area contributed by atoms with Crippen molar-refractivity contribution < 1.29 is 13.2 Å². The van der Waals surface area contributed by atoms with Gasteiger partial charge in [-0.3, -0.25) is 0 Å². The van der Waals surface area contributed by atoms with Crippen LogP contribution in [0.25, 0.3) is 0 Å². The van der Waals surface area contributed by atoms with Gasteiger partial charge in [-0.05, 0) is 26.5 Å². The molecule has 1 aromatic rings. The molecule has 0 aromatic carbocycles. The first-order chi connectivity index (χ1) is 9.43. The molecule has 0 unspecified atom stereocenters. The number of hydrogen-bond donors (Lipinski definition) is 1. The molecule has 20 heavy (non-hydrogen) atoms. The molecule has 7 heteroatoms. The van der Waals surface area contributed by atoms with Gasteiger partial charge in [-0.2, -0.15) is 4.31 Å². The van der Waals surface area contributed by atoms with Crippen molar-refractivity contribution in [1.82, 2.24) is 9.62 Å². The number of sulfonamides is 1. The molecule has 1 rings (SSSR count). The molecule has 5 nitrogen and oxygen atoms in total. The second-order valence-electron chi connectivity index (χ2n) is 4.44. The maximum atomic E-state index is 12.5. The monoisotopic (exact) mass is 320 g/mol. The fraction of sp³-hybridized carbons (Fsp3) is 0.692. The summed E-state index contributed by atoms with van der Waals surface area (Å²) in [5.74, 6) is 0. The molecule has 1 heterocycles. The van der Waals surface area contributed by atoms with Gasteiger partial charge in [0.05, 0.1) is 11.5 Å². The van der Waals surface area contributed by atoms with Crippen molar-refractivity contribution in [2.75, 3.05) is 33.4 Å². The first-order valence-electron chi connectivity index (χ1n) is 6.77. The molecule has 0 saturated carbocycles. The summed E-state index contributed by atoms with van der Waals surface area (Å²) < 4.78 is 31.5. The van der Waals surface area contributed by atoms with Crippen molar-refractivity contribution in [2.24, 2.45) is 0 Å². The molecule has 0 aliphatic rings. The lowest BCUT2D eigenvalue weighted by Gasteiger charge is -2.16. The van der Waals surface area contributed by atoms with E-state index in [1.807, 2.05) is 20.8 Å². The van der Waals surface area contributed by atoms with E-state index in [9.17, 15) is 8.42 Å². The zero-order chi connectivity index (χ0) is 15.2. The summed E-state index contributed by atoms with van der Waals surface area (Å²) in [5, 5.41) is 3.21. The molecular formula is C13H24N2O3S2. The Morgan fingerprint density at radius 3 is 2.70 bits per heavy atom. The number of likely N-dealkylation sites (N-methyl/N-ethyl adjacent to an activating group) is 1. The van der Waals surface area contributed by atoms with Gasteiger partial charge >= 0.3 is 0 Å². The van der Waals surface area contributed by atoms with E-state index in [-0.39, 0.29) is 0 Å². The van der Waals surface area contributed by atoms with E-state index in [1.54, 1.807) is 13.1 Å². The van der Waals surface area contributed by atoms with Crippen molar-refractivity contribution >= 4 is 21.4 Å². The Morgan fingerprint density at radius 2 is 2.10 bits per heavy atom. The molecule has 0 aliphatic heterocycles. The average Bonchev–Trinajstić information content (AvgIpc) is 2.78. The van der Waals surface area contributed by atoms with Crippen LogP contribution >= 0.6 is 11.3 Å². The third-order valence-corrected chi connectivity index (χ3v) is 6.08. The van der Waals surface area contributed by atoms with E-state index in [4.69, 9.17) is 4.74 Å². The molecule has 0 bridgehead atoms. The van der Waals surface area contributed by atoms with E-state index in [2.05, 4.69) is 5.32 Å². The summed E-state index contributed by atoms with van der Waals surface area (Å²) in [6.07, 6.45) is 0. The Morgan fingerprint density at radius 1 is 1.40 bits per heavy atom. The minimum Gasteiger partial charge on any atom is -0.380 e. The van der Waals surface area contributed by atoms with Gasteiger partial charge in [-0.25, -0.2) is 8.42 Å². The molecule has 1 aromatic heterocycles. The summed E-state index contributed by atoms with van der Waals surface area (Å²) >= 11 is 1.53. The molecule has 0 fully saturated rings. The van der Waals surface area contributed by atoms with Gasteiger partial charge in [0.15, 0.2) is 0 Å². The SMILES string of the molecule is CCNCc1cc(S(=O)(=O)N(C)CCOCC)c(C)s1. The molecule has 0 atom stereocenters. The average molecular weight is 320 g/mol. The van der Waals surface area contributed by atoms with Crippen LogP contribution in [0.3, 0.4) is 0 Å². The van der Waals surface area contributed by atoms with Crippen LogP contribution in [0.15, 0.2) is 11.0 Å². The minimum atomic E-state index is -3.42. The lowest BCUT2D eigenvalue weighted by molar-refractivity contribution is 0.138. The minimum absolute atomic E-state index is 0.369. The quantitative estimate of drug-likeness (QED) is 0.705. The third kappa shape index (κ3) is 4.53. The van der Waals surface area contributed by atoms with E-state index in [0.29, 0.717) is 31.2 Å². The first-order valence-corrected chi connectivity index (χ1v) is 9.03.